The topological polar surface area (TPSA) is 78.4 Å². The van der Waals surface area contributed by atoms with Gasteiger partial charge in [-0.05, 0) is 63.1 Å². The van der Waals surface area contributed by atoms with Gasteiger partial charge in [-0.1, -0.05) is 17.7 Å². The predicted molar refractivity (Wildman–Crippen MR) is 108 cm³/mol. The Labute approximate surface area is 168 Å². The SMILES string of the molecule is Cc1ccc(-c2nnc(C(C)OC(=O)Cc3coc4cc(C)c(C)cc34)o2)cc1. The molecule has 0 saturated carbocycles. The van der Waals surface area contributed by atoms with Crippen LogP contribution in [0.4, 0.5) is 0 Å². The van der Waals surface area contributed by atoms with Crippen LogP contribution in [0.15, 0.2) is 51.5 Å². The van der Waals surface area contributed by atoms with Crippen LogP contribution in [0.1, 0.15) is 41.2 Å². The number of benzene rings is 2. The normalized spacial score (nSPS) is 12.3. The van der Waals surface area contributed by atoms with Gasteiger partial charge in [0, 0.05) is 16.5 Å². The number of ether oxygens (including phenoxy) is 1. The monoisotopic (exact) mass is 390 g/mol. The summed E-state index contributed by atoms with van der Waals surface area (Å²) in [6.45, 7) is 7.79. The number of aromatic nitrogens is 2. The molecule has 0 radical (unpaired) electrons. The van der Waals surface area contributed by atoms with Crippen LogP contribution in [-0.4, -0.2) is 16.2 Å². The van der Waals surface area contributed by atoms with E-state index < -0.39 is 6.10 Å². The van der Waals surface area contributed by atoms with Crippen LogP contribution in [-0.2, 0) is 16.0 Å². The number of rotatable bonds is 5. The van der Waals surface area contributed by atoms with Gasteiger partial charge < -0.3 is 13.6 Å². The second-order valence-corrected chi connectivity index (χ2v) is 7.31. The summed E-state index contributed by atoms with van der Waals surface area (Å²) >= 11 is 0. The summed E-state index contributed by atoms with van der Waals surface area (Å²) in [5.41, 5.74) is 5.83. The third-order valence-electron chi connectivity index (χ3n) is 5.00. The number of hydrogen-bond acceptors (Lipinski definition) is 6. The lowest BCUT2D eigenvalue weighted by Gasteiger charge is -2.09. The molecule has 0 aliphatic rings. The highest BCUT2D eigenvalue weighted by Crippen LogP contribution is 2.27. The van der Waals surface area contributed by atoms with Crippen molar-refractivity contribution in [3.63, 3.8) is 0 Å². The second kappa shape index (κ2) is 7.54. The zero-order valence-corrected chi connectivity index (χ0v) is 16.9. The molecule has 2 heterocycles. The van der Waals surface area contributed by atoms with Crippen LogP contribution in [0.5, 0.6) is 0 Å². The molecule has 0 bridgehead atoms. The lowest BCUT2D eigenvalue weighted by molar-refractivity contribution is -0.148. The Bertz CT molecular complexity index is 1170. The molecule has 0 aliphatic heterocycles. The smallest absolute Gasteiger partial charge is 0.311 e. The van der Waals surface area contributed by atoms with Crippen molar-refractivity contribution >= 4 is 16.9 Å². The molecule has 6 nitrogen and oxygen atoms in total. The van der Waals surface area contributed by atoms with E-state index in [1.54, 1.807) is 13.2 Å². The van der Waals surface area contributed by atoms with Crippen LogP contribution < -0.4 is 0 Å². The van der Waals surface area contributed by atoms with Gasteiger partial charge in [0.05, 0.1) is 12.7 Å². The minimum atomic E-state index is -0.642. The van der Waals surface area contributed by atoms with E-state index in [2.05, 4.69) is 10.2 Å². The molecule has 0 N–H and O–H groups in total. The fourth-order valence-corrected chi connectivity index (χ4v) is 3.13. The van der Waals surface area contributed by atoms with E-state index in [1.807, 2.05) is 57.2 Å². The van der Waals surface area contributed by atoms with Crippen molar-refractivity contribution in [1.82, 2.24) is 10.2 Å². The minimum absolute atomic E-state index is 0.110. The molecule has 1 unspecified atom stereocenters. The number of aryl methyl sites for hydroxylation is 3. The molecule has 0 fully saturated rings. The molecule has 148 valence electrons. The molecule has 1 atom stereocenters. The van der Waals surface area contributed by atoms with Gasteiger partial charge in [-0.3, -0.25) is 4.79 Å². The average Bonchev–Trinajstić information content (AvgIpc) is 3.31. The fraction of sp³-hybridized carbons (Fsp3) is 0.261. The van der Waals surface area contributed by atoms with Crippen LogP contribution in [0, 0.1) is 20.8 Å². The quantitative estimate of drug-likeness (QED) is 0.433. The first kappa shape index (κ1) is 18.9. The summed E-state index contributed by atoms with van der Waals surface area (Å²) in [4.78, 5) is 12.5. The number of nitrogens with zero attached hydrogens (tertiary/aromatic N) is 2. The summed E-state index contributed by atoms with van der Waals surface area (Å²) in [5, 5.41) is 9.01. The summed E-state index contributed by atoms with van der Waals surface area (Å²) in [6.07, 6.45) is 1.08. The van der Waals surface area contributed by atoms with Gasteiger partial charge in [-0.2, -0.15) is 0 Å². The molecule has 0 saturated heterocycles. The van der Waals surface area contributed by atoms with Gasteiger partial charge in [0.25, 0.3) is 5.89 Å². The Kier molecular flexibility index (Phi) is 4.92. The maximum atomic E-state index is 12.5. The number of hydrogen-bond donors (Lipinski definition) is 0. The van der Waals surface area contributed by atoms with E-state index in [1.165, 1.54) is 0 Å². The van der Waals surface area contributed by atoms with Gasteiger partial charge in [0.15, 0.2) is 6.10 Å². The third kappa shape index (κ3) is 3.92. The average molecular weight is 390 g/mol. The van der Waals surface area contributed by atoms with Crippen molar-refractivity contribution in [2.75, 3.05) is 0 Å². The second-order valence-electron chi connectivity index (χ2n) is 7.31. The molecule has 4 aromatic rings. The van der Waals surface area contributed by atoms with E-state index in [-0.39, 0.29) is 18.3 Å². The highest BCUT2D eigenvalue weighted by Gasteiger charge is 2.20. The van der Waals surface area contributed by atoms with Gasteiger partial charge in [0.2, 0.25) is 5.89 Å². The van der Waals surface area contributed by atoms with E-state index in [9.17, 15) is 4.79 Å². The molecule has 0 amide bonds. The van der Waals surface area contributed by atoms with Crippen LogP contribution in [0.3, 0.4) is 0 Å². The van der Waals surface area contributed by atoms with Crippen LogP contribution >= 0.6 is 0 Å². The van der Waals surface area contributed by atoms with E-state index >= 15 is 0 Å². The Morgan fingerprint density at radius 2 is 1.79 bits per heavy atom. The Morgan fingerprint density at radius 1 is 1.07 bits per heavy atom. The van der Waals surface area contributed by atoms with Gasteiger partial charge in [-0.25, -0.2) is 0 Å². The maximum absolute atomic E-state index is 12.5. The molecular formula is C23H22N2O4. The predicted octanol–water partition coefficient (Wildman–Crippen LogP) is 5.25. The Hall–Kier alpha value is -3.41. The zero-order chi connectivity index (χ0) is 20.5. The first-order valence-electron chi connectivity index (χ1n) is 9.48. The van der Waals surface area contributed by atoms with Crippen molar-refractivity contribution in [1.29, 1.82) is 0 Å². The van der Waals surface area contributed by atoms with Crippen molar-refractivity contribution in [2.24, 2.45) is 0 Å². The van der Waals surface area contributed by atoms with Crippen molar-refractivity contribution in [3.8, 4) is 11.5 Å². The molecule has 0 spiro atoms. The molecule has 29 heavy (non-hydrogen) atoms. The van der Waals surface area contributed by atoms with Crippen molar-refractivity contribution in [3.05, 3.63) is 70.8 Å². The highest BCUT2D eigenvalue weighted by molar-refractivity contribution is 5.86. The standard InChI is InChI=1S/C23H22N2O4/c1-13-5-7-17(8-6-13)23-25-24-22(29-23)16(4)28-21(26)11-18-12-27-20-10-15(3)14(2)9-19(18)20/h5-10,12,16H,11H2,1-4H3. The lowest BCUT2D eigenvalue weighted by atomic mass is 10.0. The summed E-state index contributed by atoms with van der Waals surface area (Å²) in [6, 6.07) is 11.8. The summed E-state index contributed by atoms with van der Waals surface area (Å²) in [5.74, 6) is 0.278. The molecule has 2 aromatic carbocycles. The van der Waals surface area contributed by atoms with Gasteiger partial charge in [-0.15, -0.1) is 10.2 Å². The summed E-state index contributed by atoms with van der Waals surface area (Å²) < 4.78 is 16.8. The zero-order valence-electron chi connectivity index (χ0n) is 16.9. The number of carbonyl (C=O) groups is 1. The Balaban J connectivity index is 1.45. The lowest BCUT2D eigenvalue weighted by Crippen LogP contribution is -2.11. The fourth-order valence-electron chi connectivity index (χ4n) is 3.13. The first-order valence-corrected chi connectivity index (χ1v) is 9.48. The van der Waals surface area contributed by atoms with E-state index in [4.69, 9.17) is 13.6 Å². The van der Waals surface area contributed by atoms with Crippen molar-refractivity contribution < 1.29 is 18.4 Å². The first-order chi connectivity index (χ1) is 13.9. The Morgan fingerprint density at radius 3 is 2.55 bits per heavy atom. The highest BCUT2D eigenvalue weighted by atomic mass is 16.6. The largest absolute Gasteiger partial charge is 0.464 e. The molecular weight excluding hydrogens is 368 g/mol. The van der Waals surface area contributed by atoms with E-state index in [0.717, 1.165) is 38.8 Å². The van der Waals surface area contributed by atoms with Gasteiger partial charge in [0.1, 0.15) is 5.58 Å². The maximum Gasteiger partial charge on any atom is 0.311 e. The summed E-state index contributed by atoms with van der Waals surface area (Å²) in [7, 11) is 0. The number of furan rings is 1. The number of carbonyl (C=O) groups excluding carboxylic acids is 1. The number of esters is 1. The molecule has 0 aliphatic carbocycles. The van der Waals surface area contributed by atoms with Crippen LogP contribution in [0.2, 0.25) is 0 Å². The van der Waals surface area contributed by atoms with Crippen LogP contribution in [0.25, 0.3) is 22.4 Å². The molecule has 4 rings (SSSR count). The number of fused-ring (bicyclic) bond motifs is 1. The molecule has 2 aromatic heterocycles. The van der Waals surface area contributed by atoms with E-state index in [0.29, 0.717) is 5.89 Å². The molecule has 6 heteroatoms. The van der Waals surface area contributed by atoms with Crippen molar-refractivity contribution in [2.45, 2.75) is 40.2 Å². The third-order valence-corrected chi connectivity index (χ3v) is 5.00. The minimum Gasteiger partial charge on any atom is -0.464 e. The van der Waals surface area contributed by atoms with Gasteiger partial charge >= 0.3 is 5.97 Å².